The summed E-state index contributed by atoms with van der Waals surface area (Å²) in [5.41, 5.74) is 9.98. The molecule has 3 heteroatoms. The molecule has 3 atom stereocenters. The number of aryl methyl sites for hydroxylation is 1. The Labute approximate surface area is 98.0 Å². The van der Waals surface area contributed by atoms with Gasteiger partial charge in [0.25, 0.3) is 0 Å². The summed E-state index contributed by atoms with van der Waals surface area (Å²) in [5.74, 6) is 0.772. The third-order valence-electron chi connectivity index (χ3n) is 4.13. The first kappa shape index (κ1) is 11.6. The van der Waals surface area contributed by atoms with Gasteiger partial charge in [-0.2, -0.15) is 5.10 Å². The molecule has 0 aliphatic heterocycles. The van der Waals surface area contributed by atoms with Crippen molar-refractivity contribution >= 4 is 0 Å². The van der Waals surface area contributed by atoms with Gasteiger partial charge >= 0.3 is 0 Å². The lowest BCUT2D eigenvalue weighted by atomic mass is 9.84. The largest absolute Gasteiger partial charge is 0.326 e. The van der Waals surface area contributed by atoms with E-state index in [-0.39, 0.29) is 6.04 Å². The van der Waals surface area contributed by atoms with Crippen LogP contribution in [-0.4, -0.2) is 15.8 Å². The van der Waals surface area contributed by atoms with E-state index in [4.69, 9.17) is 5.73 Å². The zero-order valence-corrected chi connectivity index (χ0v) is 10.8. The van der Waals surface area contributed by atoms with Crippen molar-refractivity contribution in [3.05, 3.63) is 17.0 Å². The molecule has 1 aliphatic carbocycles. The van der Waals surface area contributed by atoms with Crippen molar-refractivity contribution in [2.24, 2.45) is 11.7 Å². The quantitative estimate of drug-likeness (QED) is 0.792. The molecule has 0 amide bonds. The molecule has 1 saturated carbocycles. The monoisotopic (exact) mass is 221 g/mol. The summed E-state index contributed by atoms with van der Waals surface area (Å²) in [6, 6.07) is 0.671. The van der Waals surface area contributed by atoms with Crippen molar-refractivity contribution in [1.29, 1.82) is 0 Å². The van der Waals surface area contributed by atoms with Gasteiger partial charge in [0.15, 0.2) is 0 Å². The van der Waals surface area contributed by atoms with Crippen molar-refractivity contribution < 1.29 is 0 Å². The highest BCUT2D eigenvalue weighted by Gasteiger charge is 2.29. The average molecular weight is 221 g/mol. The predicted octanol–water partition coefficient (Wildman–Crippen LogP) is 2.50. The number of nitrogens with zero attached hydrogens (tertiary/aromatic N) is 2. The van der Waals surface area contributed by atoms with Crippen molar-refractivity contribution in [2.45, 2.75) is 59.0 Å². The van der Waals surface area contributed by atoms with E-state index in [0.717, 1.165) is 18.0 Å². The fourth-order valence-corrected chi connectivity index (χ4v) is 2.72. The molecule has 0 saturated heterocycles. The van der Waals surface area contributed by atoms with Gasteiger partial charge in [-0.3, -0.25) is 4.68 Å². The van der Waals surface area contributed by atoms with Crippen LogP contribution in [0, 0.1) is 26.7 Å². The Kier molecular flexibility index (Phi) is 3.06. The second-order valence-corrected chi connectivity index (χ2v) is 5.39. The Morgan fingerprint density at radius 2 is 1.94 bits per heavy atom. The number of rotatable bonds is 1. The fraction of sp³-hybridized carbons (Fsp3) is 0.769. The summed E-state index contributed by atoms with van der Waals surface area (Å²) in [4.78, 5) is 0. The van der Waals surface area contributed by atoms with Crippen LogP contribution in [0.15, 0.2) is 0 Å². The van der Waals surface area contributed by atoms with Crippen LogP contribution in [-0.2, 0) is 0 Å². The van der Waals surface area contributed by atoms with E-state index in [1.165, 1.54) is 24.1 Å². The summed E-state index contributed by atoms with van der Waals surface area (Å²) in [6.07, 6.45) is 3.56. The third kappa shape index (κ3) is 1.88. The molecule has 0 radical (unpaired) electrons. The Bertz CT molecular complexity index is 381. The highest BCUT2D eigenvalue weighted by Crippen LogP contribution is 2.32. The van der Waals surface area contributed by atoms with Crippen molar-refractivity contribution in [3.63, 3.8) is 0 Å². The lowest BCUT2D eigenvalue weighted by molar-refractivity contribution is 0.230. The van der Waals surface area contributed by atoms with Crippen LogP contribution in [0.5, 0.6) is 0 Å². The van der Waals surface area contributed by atoms with E-state index in [1.807, 2.05) is 0 Å². The van der Waals surface area contributed by atoms with Gasteiger partial charge in [-0.25, -0.2) is 0 Å². The molecular formula is C13H23N3. The Hall–Kier alpha value is -0.830. The molecule has 0 aromatic carbocycles. The lowest BCUT2D eigenvalue weighted by Gasteiger charge is -2.33. The normalized spacial score (nSPS) is 30.7. The van der Waals surface area contributed by atoms with E-state index in [0.29, 0.717) is 6.04 Å². The minimum absolute atomic E-state index is 0.272. The minimum Gasteiger partial charge on any atom is -0.326 e. The summed E-state index contributed by atoms with van der Waals surface area (Å²) in [7, 11) is 0. The highest BCUT2D eigenvalue weighted by atomic mass is 15.3. The van der Waals surface area contributed by atoms with Crippen molar-refractivity contribution in [3.8, 4) is 0 Å². The lowest BCUT2D eigenvalue weighted by Crippen LogP contribution is -2.38. The van der Waals surface area contributed by atoms with Crippen molar-refractivity contribution in [1.82, 2.24) is 9.78 Å². The molecular weight excluding hydrogens is 198 g/mol. The smallest absolute Gasteiger partial charge is 0.0675 e. The van der Waals surface area contributed by atoms with E-state index < -0.39 is 0 Å². The summed E-state index contributed by atoms with van der Waals surface area (Å²) in [6.45, 7) is 8.70. The molecule has 1 aromatic rings. The zero-order valence-electron chi connectivity index (χ0n) is 10.8. The van der Waals surface area contributed by atoms with Gasteiger partial charge in [0.2, 0.25) is 0 Å². The Morgan fingerprint density at radius 3 is 2.50 bits per heavy atom. The van der Waals surface area contributed by atoms with Crippen LogP contribution >= 0.6 is 0 Å². The first-order chi connectivity index (χ1) is 7.50. The number of hydrogen-bond acceptors (Lipinski definition) is 2. The van der Waals surface area contributed by atoms with Gasteiger partial charge in [-0.15, -0.1) is 0 Å². The maximum atomic E-state index is 6.24. The van der Waals surface area contributed by atoms with Crippen LogP contribution in [0.3, 0.4) is 0 Å². The molecule has 0 spiro atoms. The van der Waals surface area contributed by atoms with Crippen LogP contribution in [0.1, 0.15) is 49.2 Å². The third-order valence-corrected chi connectivity index (χ3v) is 4.13. The van der Waals surface area contributed by atoms with Gasteiger partial charge in [0.05, 0.1) is 11.7 Å². The van der Waals surface area contributed by atoms with E-state index >= 15 is 0 Å². The highest BCUT2D eigenvalue weighted by molar-refractivity contribution is 5.23. The van der Waals surface area contributed by atoms with Crippen LogP contribution in [0.4, 0.5) is 0 Å². The minimum atomic E-state index is 0.272. The molecule has 90 valence electrons. The summed E-state index contributed by atoms with van der Waals surface area (Å²) in [5, 5.41) is 4.65. The molecule has 0 bridgehead atoms. The van der Waals surface area contributed by atoms with Gasteiger partial charge in [0.1, 0.15) is 0 Å². The van der Waals surface area contributed by atoms with E-state index in [2.05, 4.69) is 37.5 Å². The second kappa shape index (κ2) is 4.21. The first-order valence-corrected chi connectivity index (χ1v) is 6.28. The van der Waals surface area contributed by atoms with E-state index in [1.54, 1.807) is 0 Å². The van der Waals surface area contributed by atoms with Gasteiger partial charge in [-0.1, -0.05) is 6.92 Å². The number of hydrogen-bond donors (Lipinski definition) is 1. The first-order valence-electron chi connectivity index (χ1n) is 6.28. The maximum Gasteiger partial charge on any atom is 0.0675 e. The van der Waals surface area contributed by atoms with Gasteiger partial charge in [-0.05, 0) is 51.5 Å². The topological polar surface area (TPSA) is 43.8 Å². The summed E-state index contributed by atoms with van der Waals surface area (Å²) >= 11 is 0. The number of aromatic nitrogens is 2. The average Bonchev–Trinajstić information content (AvgIpc) is 2.50. The predicted molar refractivity (Wildman–Crippen MR) is 66.5 cm³/mol. The molecule has 3 unspecified atom stereocenters. The Balaban J connectivity index is 2.31. The molecule has 1 aromatic heterocycles. The van der Waals surface area contributed by atoms with Gasteiger partial charge < -0.3 is 5.73 Å². The zero-order chi connectivity index (χ0) is 11.9. The number of nitrogens with two attached hydrogens (primary N) is 1. The van der Waals surface area contributed by atoms with Gasteiger partial charge in [0, 0.05) is 11.7 Å². The Morgan fingerprint density at radius 1 is 1.25 bits per heavy atom. The fourth-order valence-electron chi connectivity index (χ4n) is 2.72. The summed E-state index contributed by atoms with van der Waals surface area (Å²) < 4.78 is 2.17. The van der Waals surface area contributed by atoms with Crippen LogP contribution in [0.2, 0.25) is 0 Å². The standard InChI is InChI=1S/C13H23N3/c1-8-5-6-12(14)13(7-8)16-11(4)9(2)10(3)15-16/h8,12-13H,5-7,14H2,1-4H3. The van der Waals surface area contributed by atoms with E-state index in [9.17, 15) is 0 Å². The van der Waals surface area contributed by atoms with Crippen LogP contribution in [0.25, 0.3) is 0 Å². The maximum absolute atomic E-state index is 6.24. The molecule has 1 aliphatic rings. The molecule has 1 fully saturated rings. The SMILES string of the molecule is Cc1nn(C2CC(C)CCC2N)c(C)c1C. The molecule has 2 N–H and O–H groups in total. The molecule has 3 nitrogen and oxygen atoms in total. The second-order valence-electron chi connectivity index (χ2n) is 5.39. The molecule has 1 heterocycles. The molecule has 16 heavy (non-hydrogen) atoms. The molecule has 2 rings (SSSR count). The van der Waals surface area contributed by atoms with Crippen LogP contribution < -0.4 is 5.73 Å². The van der Waals surface area contributed by atoms with Crippen molar-refractivity contribution in [2.75, 3.05) is 0 Å².